The highest BCUT2D eigenvalue weighted by atomic mass is 16.1. The summed E-state index contributed by atoms with van der Waals surface area (Å²) < 4.78 is 1.94. The molecular weight excluding hydrogens is 162 g/mol. The van der Waals surface area contributed by atoms with Crippen molar-refractivity contribution < 1.29 is 9.36 Å². The van der Waals surface area contributed by atoms with Crippen molar-refractivity contribution in [2.75, 3.05) is 0 Å². The molecule has 0 N–H and O–H groups in total. The molecule has 1 heterocycles. The van der Waals surface area contributed by atoms with E-state index in [0.717, 1.165) is 11.3 Å². The normalized spacial score (nSPS) is 8.69. The zero-order valence-electron chi connectivity index (χ0n) is 9.09. The Morgan fingerprint density at radius 2 is 1.85 bits per heavy atom. The third-order valence-electron chi connectivity index (χ3n) is 1.80. The topological polar surface area (TPSA) is 20.9 Å². The zero-order chi connectivity index (χ0) is 10.4. The van der Waals surface area contributed by atoms with Gasteiger partial charge < -0.3 is 0 Å². The van der Waals surface area contributed by atoms with Crippen LogP contribution in [0.5, 0.6) is 0 Å². The first kappa shape index (κ1) is 11.8. The summed E-state index contributed by atoms with van der Waals surface area (Å²) >= 11 is 0. The van der Waals surface area contributed by atoms with Crippen LogP contribution < -0.4 is 4.57 Å². The second-order valence-corrected chi connectivity index (χ2v) is 2.73. The minimum Gasteiger partial charge on any atom is -0.294 e. The number of carbonyl (C=O) groups excluding carboxylic acids is 1. The van der Waals surface area contributed by atoms with Crippen LogP contribution in [0.4, 0.5) is 0 Å². The average Bonchev–Trinajstić information content (AvgIpc) is 2.13. The van der Waals surface area contributed by atoms with E-state index >= 15 is 0 Å². The molecule has 1 rings (SSSR count). The van der Waals surface area contributed by atoms with Gasteiger partial charge in [0, 0.05) is 13.0 Å². The van der Waals surface area contributed by atoms with Crippen LogP contribution in [0.1, 0.15) is 36.8 Å². The van der Waals surface area contributed by atoms with E-state index in [0.29, 0.717) is 0 Å². The first-order valence-corrected chi connectivity index (χ1v) is 4.58. The summed E-state index contributed by atoms with van der Waals surface area (Å²) in [6.07, 6.45) is 1.84. The number of aryl methyl sites for hydroxylation is 2. The number of rotatable bonds is 1. The summed E-state index contributed by atoms with van der Waals surface area (Å²) in [6.45, 7) is 7.58. The monoisotopic (exact) mass is 180 g/mol. The van der Waals surface area contributed by atoms with Crippen LogP contribution in [0, 0.1) is 6.92 Å². The van der Waals surface area contributed by atoms with E-state index in [4.69, 9.17) is 0 Å². The second kappa shape index (κ2) is 5.46. The molecule has 0 spiro atoms. The molecule has 1 aromatic heterocycles. The van der Waals surface area contributed by atoms with E-state index in [2.05, 4.69) is 0 Å². The van der Waals surface area contributed by atoms with Gasteiger partial charge in [0.15, 0.2) is 17.7 Å². The van der Waals surface area contributed by atoms with Crippen LogP contribution in [-0.4, -0.2) is 5.78 Å². The van der Waals surface area contributed by atoms with E-state index < -0.39 is 0 Å². The Hall–Kier alpha value is -1.18. The lowest BCUT2D eigenvalue weighted by Crippen LogP contribution is -2.32. The maximum atomic E-state index is 10.9. The number of pyridine rings is 1. The van der Waals surface area contributed by atoms with Crippen molar-refractivity contribution in [3.63, 3.8) is 0 Å². The number of nitrogens with zero attached hydrogens (tertiary/aromatic N) is 1. The molecule has 72 valence electrons. The van der Waals surface area contributed by atoms with Crippen LogP contribution in [0.15, 0.2) is 18.3 Å². The first-order chi connectivity index (χ1) is 6.11. The largest absolute Gasteiger partial charge is 0.294 e. The highest BCUT2D eigenvalue weighted by molar-refractivity contribution is 5.93. The van der Waals surface area contributed by atoms with Gasteiger partial charge in [-0.05, 0) is 13.0 Å². The third-order valence-corrected chi connectivity index (χ3v) is 1.80. The molecule has 2 nitrogen and oxygen atoms in total. The molecule has 0 fully saturated rings. The van der Waals surface area contributed by atoms with E-state index in [1.165, 1.54) is 0 Å². The Morgan fingerprint density at radius 3 is 2.23 bits per heavy atom. The van der Waals surface area contributed by atoms with E-state index in [-0.39, 0.29) is 5.78 Å². The Labute approximate surface area is 80.2 Å². The van der Waals surface area contributed by atoms with Gasteiger partial charge in [0.2, 0.25) is 0 Å². The molecule has 2 heteroatoms. The second-order valence-electron chi connectivity index (χ2n) is 2.73. The quantitative estimate of drug-likeness (QED) is 0.478. The predicted octanol–water partition coefficient (Wildman–Crippen LogP) is 2.05. The molecule has 0 atom stereocenters. The molecule has 1 aromatic rings. The third kappa shape index (κ3) is 3.36. The summed E-state index contributed by atoms with van der Waals surface area (Å²) in [6, 6.07) is 3.79. The minimum absolute atomic E-state index is 0.112. The maximum Gasteiger partial charge on any atom is 0.179 e. The Kier molecular flexibility index (Phi) is 4.97. The number of hydrogen-bond donors (Lipinski definition) is 0. The van der Waals surface area contributed by atoms with Gasteiger partial charge >= 0.3 is 0 Å². The van der Waals surface area contributed by atoms with Crippen molar-refractivity contribution >= 4 is 5.78 Å². The molecule has 0 aromatic carbocycles. The molecule has 0 saturated heterocycles. The van der Waals surface area contributed by atoms with Gasteiger partial charge in [0.1, 0.15) is 7.05 Å². The number of carbonyl (C=O) groups is 1. The number of hydrogen-bond acceptors (Lipinski definition) is 1. The van der Waals surface area contributed by atoms with Crippen LogP contribution in [0.3, 0.4) is 0 Å². The Morgan fingerprint density at radius 1 is 1.31 bits per heavy atom. The summed E-state index contributed by atoms with van der Waals surface area (Å²) in [7, 11) is 1.93. The van der Waals surface area contributed by atoms with E-state index in [1.807, 2.05) is 50.7 Å². The van der Waals surface area contributed by atoms with E-state index in [9.17, 15) is 4.79 Å². The lowest BCUT2D eigenvalue weighted by Gasteiger charge is -1.94. The summed E-state index contributed by atoms with van der Waals surface area (Å²) in [4.78, 5) is 10.9. The van der Waals surface area contributed by atoms with Crippen molar-refractivity contribution in [2.24, 2.45) is 7.05 Å². The van der Waals surface area contributed by atoms with Gasteiger partial charge in [0.25, 0.3) is 0 Å². The highest BCUT2D eigenvalue weighted by Gasteiger charge is 2.05. The Bertz CT molecular complexity index is 292. The van der Waals surface area contributed by atoms with Gasteiger partial charge in [-0.2, -0.15) is 0 Å². The molecule has 0 unspecified atom stereocenters. The van der Waals surface area contributed by atoms with Crippen LogP contribution >= 0.6 is 0 Å². The number of ketones is 1. The lowest BCUT2D eigenvalue weighted by atomic mass is 10.2. The molecule has 0 aliphatic rings. The highest BCUT2D eigenvalue weighted by Crippen LogP contribution is 1.97. The molecule has 13 heavy (non-hydrogen) atoms. The predicted molar refractivity (Wildman–Crippen MR) is 53.7 cm³/mol. The molecule has 0 amide bonds. The summed E-state index contributed by atoms with van der Waals surface area (Å²) in [5.41, 5.74) is 1.91. The standard InChI is InChI=1S/C9H12NO.C2H6/c1-7-4-5-9(8(2)11)6-10(7)3;1-2/h4-6H,1-3H3;1-2H3/q+1;. The van der Waals surface area contributed by atoms with Gasteiger partial charge in [-0.25, -0.2) is 4.57 Å². The van der Waals surface area contributed by atoms with Gasteiger partial charge in [-0.3, -0.25) is 4.79 Å². The molecule has 0 aliphatic heterocycles. The fourth-order valence-corrected chi connectivity index (χ4v) is 0.890. The van der Waals surface area contributed by atoms with Gasteiger partial charge in [-0.15, -0.1) is 0 Å². The van der Waals surface area contributed by atoms with Crippen LogP contribution in [-0.2, 0) is 7.05 Å². The van der Waals surface area contributed by atoms with Crippen molar-refractivity contribution in [3.8, 4) is 0 Å². The molecule has 0 bridgehead atoms. The smallest absolute Gasteiger partial charge is 0.179 e. The molecule has 0 radical (unpaired) electrons. The van der Waals surface area contributed by atoms with Crippen molar-refractivity contribution in [1.29, 1.82) is 0 Å². The molecule has 0 aliphatic carbocycles. The fraction of sp³-hybridized carbons (Fsp3) is 0.455. The SMILES string of the molecule is CC.CC(=O)c1ccc(C)[n+](C)c1. The minimum atomic E-state index is 0.112. The maximum absolute atomic E-state index is 10.9. The molecular formula is C11H18NO+. The van der Waals surface area contributed by atoms with Crippen LogP contribution in [0.2, 0.25) is 0 Å². The zero-order valence-corrected chi connectivity index (χ0v) is 9.09. The number of aromatic nitrogens is 1. The average molecular weight is 180 g/mol. The fourth-order valence-electron chi connectivity index (χ4n) is 0.890. The van der Waals surface area contributed by atoms with Crippen molar-refractivity contribution in [2.45, 2.75) is 27.7 Å². The molecule has 0 saturated carbocycles. The van der Waals surface area contributed by atoms with Gasteiger partial charge in [0.05, 0.1) is 5.56 Å². The summed E-state index contributed by atoms with van der Waals surface area (Å²) in [5.74, 6) is 0.112. The summed E-state index contributed by atoms with van der Waals surface area (Å²) in [5, 5.41) is 0. The first-order valence-electron chi connectivity index (χ1n) is 4.58. The lowest BCUT2D eigenvalue weighted by molar-refractivity contribution is -0.677. The Balaban J connectivity index is 0.000000671. The van der Waals surface area contributed by atoms with Crippen LogP contribution in [0.25, 0.3) is 0 Å². The van der Waals surface area contributed by atoms with E-state index in [1.54, 1.807) is 6.92 Å². The van der Waals surface area contributed by atoms with Gasteiger partial charge in [-0.1, -0.05) is 13.8 Å². The van der Waals surface area contributed by atoms with Crippen molar-refractivity contribution in [3.05, 3.63) is 29.6 Å². The van der Waals surface area contributed by atoms with Crippen molar-refractivity contribution in [1.82, 2.24) is 0 Å². The number of Topliss-reactive ketones (excluding diaryl/α,β-unsaturated/α-hetero) is 1.